The van der Waals surface area contributed by atoms with Crippen LogP contribution in [0.2, 0.25) is 0 Å². The van der Waals surface area contributed by atoms with Gasteiger partial charge in [-0.25, -0.2) is 9.97 Å². The van der Waals surface area contributed by atoms with Gasteiger partial charge >= 0.3 is 0 Å². The van der Waals surface area contributed by atoms with Gasteiger partial charge in [-0.05, 0) is 70.8 Å². The fraction of sp³-hybridized carbons (Fsp3) is 0.708. The molecule has 0 saturated heterocycles. The predicted molar refractivity (Wildman–Crippen MR) is 129 cm³/mol. The third-order valence-corrected chi connectivity index (χ3v) is 8.81. The van der Waals surface area contributed by atoms with Crippen molar-refractivity contribution in [1.29, 1.82) is 0 Å². The van der Waals surface area contributed by atoms with Gasteiger partial charge in [0.15, 0.2) is 0 Å². The molecular weight excluding hydrogens is 424 g/mol. The Labute approximate surface area is 194 Å². The average molecular weight is 461 g/mol. The minimum atomic E-state index is 0.153. The second-order valence-electron chi connectivity index (χ2n) is 9.17. The van der Waals surface area contributed by atoms with Gasteiger partial charge in [0, 0.05) is 41.5 Å². The van der Waals surface area contributed by atoms with Gasteiger partial charge < -0.3 is 10.2 Å². The Morgan fingerprint density at radius 3 is 2.74 bits per heavy atom. The minimum absolute atomic E-state index is 0.153. The number of hydrogen-bond donors (Lipinski definition) is 1. The number of fused-ring (bicyclic) bond motifs is 1. The standard InChI is InChI=1S/C24H36N4OS2/c1-3-4-24-27-21-10-13-28(14-11-22(21)31-24)12-9-18-5-7-19(8-6-18)26-23(29)15-20-16-25-17(2)30-20/h16,18-19H,3-15H2,1-2H3,(H,26,29). The van der Waals surface area contributed by atoms with Gasteiger partial charge in [-0.15, -0.1) is 22.7 Å². The zero-order chi connectivity index (χ0) is 21.6. The van der Waals surface area contributed by atoms with Gasteiger partial charge in [-0.2, -0.15) is 0 Å². The fourth-order valence-electron chi connectivity index (χ4n) is 4.89. The number of carbonyl (C=O) groups is 1. The molecule has 7 heteroatoms. The lowest BCUT2D eigenvalue weighted by molar-refractivity contribution is -0.121. The van der Waals surface area contributed by atoms with Crippen molar-refractivity contribution in [2.45, 2.75) is 84.1 Å². The van der Waals surface area contributed by atoms with Crippen LogP contribution in [0.25, 0.3) is 0 Å². The van der Waals surface area contributed by atoms with Gasteiger partial charge in [0.25, 0.3) is 0 Å². The molecule has 170 valence electrons. The third-order valence-electron chi connectivity index (χ3n) is 6.68. The summed E-state index contributed by atoms with van der Waals surface area (Å²) < 4.78 is 0. The van der Waals surface area contributed by atoms with Crippen molar-refractivity contribution in [3.63, 3.8) is 0 Å². The predicted octanol–water partition coefficient (Wildman–Crippen LogP) is 4.57. The van der Waals surface area contributed by atoms with Crippen molar-refractivity contribution in [1.82, 2.24) is 20.2 Å². The quantitative estimate of drug-likeness (QED) is 0.627. The lowest BCUT2D eigenvalue weighted by atomic mass is 9.84. The van der Waals surface area contributed by atoms with E-state index in [4.69, 9.17) is 4.98 Å². The van der Waals surface area contributed by atoms with Crippen LogP contribution in [0.4, 0.5) is 0 Å². The van der Waals surface area contributed by atoms with Crippen molar-refractivity contribution in [2.24, 2.45) is 5.92 Å². The SMILES string of the molecule is CCCc1nc2c(s1)CCN(CCC1CCC(NC(=O)Cc3cnc(C)s3)CC1)CC2. The molecule has 0 radical (unpaired) electrons. The fourth-order valence-corrected chi connectivity index (χ4v) is 6.89. The Bertz CT molecular complexity index is 828. The van der Waals surface area contributed by atoms with Gasteiger partial charge in [0.2, 0.25) is 5.91 Å². The van der Waals surface area contributed by atoms with Crippen molar-refractivity contribution < 1.29 is 4.79 Å². The number of amides is 1. The smallest absolute Gasteiger partial charge is 0.225 e. The van der Waals surface area contributed by atoms with Crippen molar-refractivity contribution in [2.75, 3.05) is 19.6 Å². The summed E-state index contributed by atoms with van der Waals surface area (Å²) in [7, 11) is 0. The van der Waals surface area contributed by atoms with E-state index in [2.05, 4.69) is 22.1 Å². The summed E-state index contributed by atoms with van der Waals surface area (Å²) in [4.78, 5) is 26.7. The van der Waals surface area contributed by atoms with E-state index in [0.717, 1.165) is 48.0 Å². The van der Waals surface area contributed by atoms with Crippen LogP contribution in [-0.4, -0.2) is 46.5 Å². The highest BCUT2D eigenvalue weighted by molar-refractivity contribution is 7.12. The van der Waals surface area contributed by atoms with Crippen LogP contribution in [0, 0.1) is 12.8 Å². The Hall–Kier alpha value is -1.31. The second kappa shape index (κ2) is 11.0. The molecule has 31 heavy (non-hydrogen) atoms. The maximum atomic E-state index is 12.3. The van der Waals surface area contributed by atoms with Gasteiger partial charge in [-0.3, -0.25) is 4.79 Å². The largest absolute Gasteiger partial charge is 0.353 e. The first-order valence-corrected chi connectivity index (χ1v) is 13.6. The lowest BCUT2D eigenvalue weighted by Gasteiger charge is -2.30. The molecule has 1 amide bonds. The summed E-state index contributed by atoms with van der Waals surface area (Å²) in [5.41, 5.74) is 1.38. The summed E-state index contributed by atoms with van der Waals surface area (Å²) in [6.45, 7) is 7.77. The van der Waals surface area contributed by atoms with E-state index >= 15 is 0 Å². The molecule has 2 aliphatic rings. The van der Waals surface area contributed by atoms with E-state index in [1.54, 1.807) is 11.3 Å². The number of aryl methyl sites for hydroxylation is 2. The van der Waals surface area contributed by atoms with Gasteiger partial charge in [0.1, 0.15) is 0 Å². The number of nitrogens with one attached hydrogen (secondary N) is 1. The molecule has 2 aromatic rings. The van der Waals surface area contributed by atoms with Crippen LogP contribution < -0.4 is 5.32 Å². The Morgan fingerprint density at radius 1 is 1.19 bits per heavy atom. The number of thiazole rings is 2. The highest BCUT2D eigenvalue weighted by Gasteiger charge is 2.24. The zero-order valence-electron chi connectivity index (χ0n) is 19.0. The second-order valence-corrected chi connectivity index (χ2v) is 11.7. The first-order valence-electron chi connectivity index (χ1n) is 12.0. The molecule has 1 fully saturated rings. The molecule has 1 aliphatic heterocycles. The summed E-state index contributed by atoms with van der Waals surface area (Å²) in [6, 6.07) is 0.357. The van der Waals surface area contributed by atoms with Crippen molar-refractivity contribution in [3.8, 4) is 0 Å². The number of rotatable bonds is 8. The highest BCUT2D eigenvalue weighted by atomic mass is 32.1. The van der Waals surface area contributed by atoms with Gasteiger partial charge in [-0.1, -0.05) is 6.92 Å². The molecule has 5 nitrogen and oxygen atoms in total. The normalized spacial score (nSPS) is 22.1. The van der Waals surface area contributed by atoms with Crippen LogP contribution in [0.3, 0.4) is 0 Å². The average Bonchev–Trinajstić information content (AvgIpc) is 3.28. The monoisotopic (exact) mass is 460 g/mol. The molecule has 2 aromatic heterocycles. The Kier molecular flexibility index (Phi) is 8.13. The summed E-state index contributed by atoms with van der Waals surface area (Å²) in [6.07, 6.45) is 13.0. The Morgan fingerprint density at radius 2 is 2.00 bits per heavy atom. The zero-order valence-corrected chi connectivity index (χ0v) is 20.6. The molecule has 1 N–H and O–H groups in total. The first kappa shape index (κ1) is 22.9. The molecule has 0 atom stereocenters. The van der Waals surface area contributed by atoms with Crippen LogP contribution in [0.15, 0.2) is 6.20 Å². The molecule has 4 rings (SSSR count). The number of aromatic nitrogens is 2. The molecule has 1 aliphatic carbocycles. The third kappa shape index (κ3) is 6.59. The van der Waals surface area contributed by atoms with Crippen LogP contribution in [0.5, 0.6) is 0 Å². The molecular formula is C24H36N4OS2. The van der Waals surface area contributed by atoms with E-state index in [1.807, 2.05) is 24.5 Å². The molecule has 0 bridgehead atoms. The van der Waals surface area contributed by atoms with Crippen LogP contribution in [-0.2, 0) is 30.5 Å². The molecule has 0 unspecified atom stereocenters. The lowest BCUT2D eigenvalue weighted by Crippen LogP contribution is -2.38. The minimum Gasteiger partial charge on any atom is -0.353 e. The maximum absolute atomic E-state index is 12.3. The summed E-state index contributed by atoms with van der Waals surface area (Å²) in [5.74, 6) is 0.962. The van der Waals surface area contributed by atoms with E-state index in [-0.39, 0.29) is 5.91 Å². The van der Waals surface area contributed by atoms with E-state index < -0.39 is 0 Å². The Balaban J connectivity index is 1.13. The first-order chi connectivity index (χ1) is 15.1. The van der Waals surface area contributed by atoms with Crippen molar-refractivity contribution >= 4 is 28.6 Å². The molecule has 3 heterocycles. The maximum Gasteiger partial charge on any atom is 0.225 e. The molecule has 0 spiro atoms. The summed E-state index contributed by atoms with van der Waals surface area (Å²) >= 11 is 3.57. The number of carbonyl (C=O) groups excluding carboxylic acids is 1. The molecule has 1 saturated carbocycles. The highest BCUT2D eigenvalue weighted by Crippen LogP contribution is 2.28. The number of hydrogen-bond acceptors (Lipinski definition) is 6. The van der Waals surface area contributed by atoms with E-state index in [0.29, 0.717) is 12.5 Å². The summed E-state index contributed by atoms with van der Waals surface area (Å²) in [5, 5.41) is 5.62. The van der Waals surface area contributed by atoms with Gasteiger partial charge in [0.05, 0.1) is 22.1 Å². The van der Waals surface area contributed by atoms with Crippen LogP contribution in [0.1, 0.15) is 70.9 Å². The topological polar surface area (TPSA) is 58.1 Å². The van der Waals surface area contributed by atoms with E-state index in [1.165, 1.54) is 60.8 Å². The van der Waals surface area contributed by atoms with Crippen LogP contribution >= 0.6 is 22.7 Å². The van der Waals surface area contributed by atoms with E-state index in [9.17, 15) is 4.79 Å². The number of nitrogens with zero attached hydrogens (tertiary/aromatic N) is 3. The molecule has 0 aromatic carbocycles. The van der Waals surface area contributed by atoms with Crippen molar-refractivity contribution in [3.05, 3.63) is 31.7 Å².